The van der Waals surface area contributed by atoms with Gasteiger partial charge >= 0.3 is 0 Å². The lowest BCUT2D eigenvalue weighted by Crippen LogP contribution is -2.46. The summed E-state index contributed by atoms with van der Waals surface area (Å²) in [6.45, 7) is 4.33. The van der Waals surface area contributed by atoms with Crippen LogP contribution in [-0.2, 0) is 0 Å². The molecule has 0 heterocycles. The topological polar surface area (TPSA) is 36.4 Å². The summed E-state index contributed by atoms with van der Waals surface area (Å²) >= 11 is 0. The van der Waals surface area contributed by atoms with Gasteiger partial charge in [0.05, 0.1) is 6.04 Å². The maximum absolute atomic E-state index is 4.30. The zero-order valence-electron chi connectivity index (χ0n) is 11.9. The second kappa shape index (κ2) is 7.72. The van der Waals surface area contributed by atoms with Crippen molar-refractivity contribution in [3.05, 3.63) is 35.4 Å². The third-order valence-corrected chi connectivity index (χ3v) is 3.68. The fourth-order valence-corrected chi connectivity index (χ4v) is 2.27. The second-order valence-corrected chi connectivity index (χ2v) is 5.07. The van der Waals surface area contributed by atoms with Crippen molar-refractivity contribution in [2.75, 3.05) is 7.05 Å². The summed E-state index contributed by atoms with van der Waals surface area (Å²) in [5.41, 5.74) is 2.64. The first-order valence-electron chi connectivity index (χ1n) is 6.76. The van der Waals surface area contributed by atoms with Crippen LogP contribution >= 0.6 is 24.0 Å². The van der Waals surface area contributed by atoms with E-state index < -0.39 is 0 Å². The number of rotatable bonds is 3. The predicted molar refractivity (Wildman–Crippen MR) is 92.3 cm³/mol. The van der Waals surface area contributed by atoms with E-state index in [9.17, 15) is 0 Å². The normalized spacial score (nSPS) is 17.1. The van der Waals surface area contributed by atoms with Crippen LogP contribution in [0.3, 0.4) is 0 Å². The summed E-state index contributed by atoms with van der Waals surface area (Å²) in [5, 5.41) is 6.92. The lowest BCUT2D eigenvalue weighted by atomic mass is 9.93. The maximum atomic E-state index is 4.30. The number of guanidine groups is 1. The highest BCUT2D eigenvalue weighted by molar-refractivity contribution is 14.0. The molecule has 4 heteroatoms. The minimum absolute atomic E-state index is 0. The fourth-order valence-electron chi connectivity index (χ4n) is 2.27. The van der Waals surface area contributed by atoms with E-state index in [1.165, 1.54) is 30.4 Å². The summed E-state index contributed by atoms with van der Waals surface area (Å²) in [4.78, 5) is 4.30. The molecule has 3 nitrogen and oxygen atoms in total. The van der Waals surface area contributed by atoms with Crippen molar-refractivity contribution in [2.24, 2.45) is 4.99 Å². The molecule has 0 amide bonds. The summed E-state index contributed by atoms with van der Waals surface area (Å²) in [5.74, 6) is 0.912. The Labute approximate surface area is 133 Å². The van der Waals surface area contributed by atoms with Crippen LogP contribution in [0.5, 0.6) is 0 Å². The van der Waals surface area contributed by atoms with E-state index in [2.05, 4.69) is 53.7 Å². The van der Waals surface area contributed by atoms with Crippen LogP contribution in [0, 0.1) is 6.92 Å². The van der Waals surface area contributed by atoms with Gasteiger partial charge in [0.25, 0.3) is 0 Å². The van der Waals surface area contributed by atoms with Gasteiger partial charge in [0.15, 0.2) is 5.96 Å². The Balaban J connectivity index is 0.00000180. The lowest BCUT2D eigenvalue weighted by Gasteiger charge is -2.29. The van der Waals surface area contributed by atoms with Gasteiger partial charge in [-0.05, 0) is 44.2 Å². The van der Waals surface area contributed by atoms with Gasteiger partial charge in [0, 0.05) is 13.1 Å². The number of nitrogens with zero attached hydrogens (tertiary/aromatic N) is 1. The molecule has 2 N–H and O–H groups in total. The smallest absolute Gasteiger partial charge is 0.191 e. The van der Waals surface area contributed by atoms with Crippen molar-refractivity contribution in [1.29, 1.82) is 0 Å². The molecule has 1 unspecified atom stereocenters. The Morgan fingerprint density at radius 3 is 2.53 bits per heavy atom. The summed E-state index contributed by atoms with van der Waals surface area (Å²) in [6, 6.07) is 9.37. The molecule has 0 bridgehead atoms. The number of halogens is 1. The van der Waals surface area contributed by atoms with Crippen LogP contribution in [-0.4, -0.2) is 19.0 Å². The number of aryl methyl sites for hydroxylation is 1. The monoisotopic (exact) mass is 373 g/mol. The SMILES string of the molecule is CN=C(NC1CCC1)NC(C)c1ccccc1C.I. The Morgan fingerprint density at radius 2 is 2.00 bits per heavy atom. The molecule has 1 atom stereocenters. The molecule has 0 aromatic heterocycles. The van der Waals surface area contributed by atoms with Gasteiger partial charge in [-0.2, -0.15) is 0 Å². The van der Waals surface area contributed by atoms with E-state index in [-0.39, 0.29) is 30.0 Å². The molecule has 1 aliphatic carbocycles. The molecule has 0 radical (unpaired) electrons. The Morgan fingerprint density at radius 1 is 1.32 bits per heavy atom. The average molecular weight is 373 g/mol. The van der Waals surface area contributed by atoms with Crippen molar-refractivity contribution >= 4 is 29.9 Å². The predicted octanol–water partition coefficient (Wildman–Crippen LogP) is 3.39. The molecular formula is C15H24IN3. The molecule has 2 rings (SSSR count). The highest BCUT2D eigenvalue weighted by Crippen LogP contribution is 2.19. The van der Waals surface area contributed by atoms with E-state index in [1.807, 2.05) is 7.05 Å². The van der Waals surface area contributed by atoms with E-state index in [0.717, 1.165) is 5.96 Å². The van der Waals surface area contributed by atoms with Crippen molar-refractivity contribution in [1.82, 2.24) is 10.6 Å². The minimum Gasteiger partial charge on any atom is -0.354 e. The molecule has 19 heavy (non-hydrogen) atoms. The van der Waals surface area contributed by atoms with Gasteiger partial charge in [-0.3, -0.25) is 4.99 Å². The Kier molecular flexibility index (Phi) is 6.62. The molecule has 1 aromatic carbocycles. The quantitative estimate of drug-likeness (QED) is 0.484. The van der Waals surface area contributed by atoms with Crippen molar-refractivity contribution < 1.29 is 0 Å². The van der Waals surface area contributed by atoms with Gasteiger partial charge in [-0.1, -0.05) is 24.3 Å². The molecule has 1 saturated carbocycles. The largest absolute Gasteiger partial charge is 0.354 e. The number of hydrogen-bond donors (Lipinski definition) is 2. The summed E-state index contributed by atoms with van der Waals surface area (Å²) < 4.78 is 0. The molecule has 1 aliphatic rings. The van der Waals surface area contributed by atoms with Crippen LogP contribution in [0.15, 0.2) is 29.3 Å². The Hall–Kier alpha value is -0.780. The summed E-state index contributed by atoms with van der Waals surface area (Å²) in [6.07, 6.45) is 3.86. The van der Waals surface area contributed by atoms with Crippen LogP contribution < -0.4 is 10.6 Å². The van der Waals surface area contributed by atoms with E-state index in [4.69, 9.17) is 0 Å². The summed E-state index contributed by atoms with van der Waals surface area (Å²) in [7, 11) is 1.83. The van der Waals surface area contributed by atoms with Gasteiger partial charge in [0.2, 0.25) is 0 Å². The van der Waals surface area contributed by atoms with Crippen LogP contribution in [0.4, 0.5) is 0 Å². The fraction of sp³-hybridized carbons (Fsp3) is 0.533. The van der Waals surface area contributed by atoms with Crippen molar-refractivity contribution in [3.8, 4) is 0 Å². The average Bonchev–Trinajstić information content (AvgIpc) is 2.32. The number of nitrogens with one attached hydrogen (secondary N) is 2. The standard InChI is InChI=1S/C15H23N3.HI/c1-11-7-4-5-10-14(11)12(2)17-15(16-3)18-13-8-6-9-13;/h4-5,7,10,12-13H,6,8-9H2,1-3H3,(H2,16,17,18);1H. The first kappa shape index (κ1) is 16.3. The lowest BCUT2D eigenvalue weighted by molar-refractivity contribution is 0.378. The van der Waals surface area contributed by atoms with Gasteiger partial charge in [-0.25, -0.2) is 0 Å². The van der Waals surface area contributed by atoms with E-state index in [1.54, 1.807) is 0 Å². The minimum atomic E-state index is 0. The number of hydrogen-bond acceptors (Lipinski definition) is 1. The molecule has 106 valence electrons. The zero-order chi connectivity index (χ0) is 13.0. The highest BCUT2D eigenvalue weighted by Gasteiger charge is 2.19. The van der Waals surface area contributed by atoms with Crippen LogP contribution in [0.2, 0.25) is 0 Å². The van der Waals surface area contributed by atoms with Crippen LogP contribution in [0.25, 0.3) is 0 Å². The maximum Gasteiger partial charge on any atom is 0.191 e. The third kappa shape index (κ3) is 4.37. The number of aliphatic imine (C=N–C) groups is 1. The van der Waals surface area contributed by atoms with Crippen LogP contribution in [0.1, 0.15) is 43.4 Å². The highest BCUT2D eigenvalue weighted by atomic mass is 127. The van der Waals surface area contributed by atoms with Gasteiger partial charge in [0.1, 0.15) is 0 Å². The Bertz CT molecular complexity index is 427. The van der Waals surface area contributed by atoms with Gasteiger partial charge in [-0.15, -0.1) is 24.0 Å². The van der Waals surface area contributed by atoms with E-state index in [0.29, 0.717) is 6.04 Å². The number of benzene rings is 1. The molecule has 0 saturated heterocycles. The molecule has 0 spiro atoms. The zero-order valence-corrected chi connectivity index (χ0v) is 14.3. The van der Waals surface area contributed by atoms with Crippen molar-refractivity contribution in [3.63, 3.8) is 0 Å². The third-order valence-electron chi connectivity index (χ3n) is 3.68. The second-order valence-electron chi connectivity index (χ2n) is 5.07. The van der Waals surface area contributed by atoms with Crippen molar-refractivity contribution in [2.45, 2.75) is 45.2 Å². The molecule has 1 fully saturated rings. The van der Waals surface area contributed by atoms with E-state index >= 15 is 0 Å². The molecule has 1 aromatic rings. The first-order valence-corrected chi connectivity index (χ1v) is 6.76. The van der Waals surface area contributed by atoms with Gasteiger partial charge < -0.3 is 10.6 Å². The molecule has 0 aliphatic heterocycles. The molecular weight excluding hydrogens is 349 g/mol. The first-order chi connectivity index (χ1) is 8.70.